The van der Waals surface area contributed by atoms with Crippen molar-refractivity contribution in [2.75, 3.05) is 14.2 Å². The summed E-state index contributed by atoms with van der Waals surface area (Å²) in [6.45, 7) is 0. The highest BCUT2D eigenvalue weighted by molar-refractivity contribution is 5.45. The van der Waals surface area contributed by atoms with Crippen LogP contribution in [0.5, 0.6) is 11.5 Å². The molecule has 0 aromatic heterocycles. The van der Waals surface area contributed by atoms with Crippen LogP contribution in [0.2, 0.25) is 0 Å². The van der Waals surface area contributed by atoms with Crippen molar-refractivity contribution in [1.82, 2.24) is 0 Å². The Morgan fingerprint density at radius 1 is 1.06 bits per heavy atom. The summed E-state index contributed by atoms with van der Waals surface area (Å²) < 4.78 is 10.5. The summed E-state index contributed by atoms with van der Waals surface area (Å²) in [5.41, 5.74) is 0.677. The monoisotopic (exact) mass is 231 g/mol. The summed E-state index contributed by atoms with van der Waals surface area (Å²) in [5.74, 6) is 1.50. The number of nitrogens with zero attached hydrogens (tertiary/aromatic N) is 1. The van der Waals surface area contributed by atoms with Crippen LogP contribution in [0.4, 0.5) is 0 Å². The third-order valence-corrected chi connectivity index (χ3v) is 3.58. The second-order valence-electron chi connectivity index (χ2n) is 4.50. The van der Waals surface area contributed by atoms with E-state index in [1.807, 2.05) is 18.2 Å². The zero-order chi connectivity index (χ0) is 12.3. The first-order valence-electron chi connectivity index (χ1n) is 5.89. The summed E-state index contributed by atoms with van der Waals surface area (Å²) in [6, 6.07) is 8.23. The summed E-state index contributed by atoms with van der Waals surface area (Å²) in [4.78, 5) is 0. The molecule has 0 saturated heterocycles. The molecule has 0 N–H and O–H groups in total. The van der Waals surface area contributed by atoms with Crippen molar-refractivity contribution in [2.45, 2.75) is 31.1 Å². The van der Waals surface area contributed by atoms with Gasteiger partial charge in [0.15, 0.2) is 0 Å². The molecule has 2 rings (SSSR count). The summed E-state index contributed by atoms with van der Waals surface area (Å²) in [6.07, 6.45) is 4.10. The number of methoxy groups -OCH3 is 2. The minimum atomic E-state index is -0.345. The van der Waals surface area contributed by atoms with Gasteiger partial charge in [-0.05, 0) is 30.5 Å². The lowest BCUT2D eigenvalue weighted by Crippen LogP contribution is -2.19. The molecule has 0 unspecified atom stereocenters. The molecule has 3 nitrogen and oxygen atoms in total. The maximum atomic E-state index is 9.47. The van der Waals surface area contributed by atoms with E-state index in [0.29, 0.717) is 0 Å². The molecule has 1 aromatic rings. The molecule has 0 radical (unpaired) electrons. The van der Waals surface area contributed by atoms with Crippen LogP contribution in [-0.4, -0.2) is 14.2 Å². The van der Waals surface area contributed by atoms with E-state index >= 15 is 0 Å². The second kappa shape index (κ2) is 4.67. The largest absolute Gasteiger partial charge is 0.497 e. The van der Waals surface area contributed by atoms with E-state index in [2.05, 4.69) is 6.07 Å². The summed E-state index contributed by atoms with van der Waals surface area (Å²) in [7, 11) is 3.26. The highest BCUT2D eigenvalue weighted by Crippen LogP contribution is 2.42. The van der Waals surface area contributed by atoms with Crippen LogP contribution in [0, 0.1) is 11.3 Å². The van der Waals surface area contributed by atoms with Gasteiger partial charge < -0.3 is 9.47 Å². The fourth-order valence-corrected chi connectivity index (χ4v) is 2.53. The Hall–Kier alpha value is -1.69. The van der Waals surface area contributed by atoms with Gasteiger partial charge in [0.1, 0.15) is 11.5 Å². The highest BCUT2D eigenvalue weighted by Gasteiger charge is 2.36. The molecule has 0 heterocycles. The van der Waals surface area contributed by atoms with Crippen molar-refractivity contribution in [1.29, 1.82) is 5.26 Å². The van der Waals surface area contributed by atoms with E-state index in [0.717, 1.165) is 42.7 Å². The van der Waals surface area contributed by atoms with Crippen molar-refractivity contribution in [2.24, 2.45) is 0 Å². The Morgan fingerprint density at radius 3 is 2.00 bits per heavy atom. The van der Waals surface area contributed by atoms with Crippen molar-refractivity contribution < 1.29 is 9.47 Å². The fourth-order valence-electron chi connectivity index (χ4n) is 2.53. The fraction of sp³-hybridized carbons (Fsp3) is 0.500. The highest BCUT2D eigenvalue weighted by atomic mass is 16.5. The van der Waals surface area contributed by atoms with E-state index in [1.54, 1.807) is 14.2 Å². The van der Waals surface area contributed by atoms with Gasteiger partial charge >= 0.3 is 0 Å². The smallest absolute Gasteiger partial charge is 0.122 e. The lowest BCUT2D eigenvalue weighted by atomic mass is 9.80. The van der Waals surface area contributed by atoms with Crippen LogP contribution in [0.25, 0.3) is 0 Å². The van der Waals surface area contributed by atoms with Gasteiger partial charge in [0.05, 0.1) is 25.7 Å². The van der Waals surface area contributed by atoms with E-state index in [-0.39, 0.29) is 5.41 Å². The molecule has 0 bridgehead atoms. The van der Waals surface area contributed by atoms with Crippen molar-refractivity contribution in [3.05, 3.63) is 23.8 Å². The first kappa shape index (κ1) is 11.8. The third-order valence-electron chi connectivity index (χ3n) is 3.58. The van der Waals surface area contributed by atoms with Crippen molar-refractivity contribution in [3.8, 4) is 17.6 Å². The van der Waals surface area contributed by atoms with Gasteiger partial charge in [0.25, 0.3) is 0 Å². The van der Waals surface area contributed by atoms with Crippen LogP contribution in [0.15, 0.2) is 18.2 Å². The Balaban J connectivity index is 2.47. The van der Waals surface area contributed by atoms with Gasteiger partial charge in [-0.25, -0.2) is 0 Å². The third kappa shape index (κ3) is 2.08. The molecule has 0 amide bonds. The van der Waals surface area contributed by atoms with Crippen LogP contribution < -0.4 is 9.47 Å². The van der Waals surface area contributed by atoms with Crippen LogP contribution in [-0.2, 0) is 5.41 Å². The number of nitriles is 1. The van der Waals surface area contributed by atoms with Crippen LogP contribution in [0.1, 0.15) is 31.2 Å². The normalized spacial score (nSPS) is 17.5. The number of benzene rings is 1. The average molecular weight is 231 g/mol. The molecule has 1 aliphatic rings. The number of hydrogen-bond donors (Lipinski definition) is 0. The first-order valence-corrected chi connectivity index (χ1v) is 5.89. The predicted molar refractivity (Wildman–Crippen MR) is 65.3 cm³/mol. The molecule has 1 aromatic carbocycles. The van der Waals surface area contributed by atoms with E-state index in [1.165, 1.54) is 0 Å². The molecule has 17 heavy (non-hydrogen) atoms. The number of hydrogen-bond acceptors (Lipinski definition) is 3. The topological polar surface area (TPSA) is 42.2 Å². The number of rotatable bonds is 3. The molecule has 1 fully saturated rings. The standard InChI is InChI=1S/C14H17NO2/c1-16-12-7-11(8-13(9-12)17-2)14(10-15)5-3-4-6-14/h7-9H,3-6H2,1-2H3. The van der Waals surface area contributed by atoms with E-state index in [4.69, 9.17) is 9.47 Å². The minimum absolute atomic E-state index is 0.345. The van der Waals surface area contributed by atoms with Crippen molar-refractivity contribution >= 4 is 0 Å². The maximum Gasteiger partial charge on any atom is 0.122 e. The van der Waals surface area contributed by atoms with Gasteiger partial charge in [-0.3, -0.25) is 0 Å². The first-order chi connectivity index (χ1) is 8.24. The van der Waals surface area contributed by atoms with Crippen LogP contribution in [0.3, 0.4) is 0 Å². The second-order valence-corrected chi connectivity index (χ2v) is 4.50. The van der Waals surface area contributed by atoms with Gasteiger partial charge in [-0.1, -0.05) is 12.8 Å². The molecular weight excluding hydrogens is 214 g/mol. The molecule has 1 saturated carbocycles. The predicted octanol–water partition coefficient (Wildman–Crippen LogP) is 3.04. The van der Waals surface area contributed by atoms with Crippen molar-refractivity contribution in [3.63, 3.8) is 0 Å². The van der Waals surface area contributed by atoms with Gasteiger partial charge in [0.2, 0.25) is 0 Å². The van der Waals surface area contributed by atoms with Crippen LogP contribution >= 0.6 is 0 Å². The van der Waals surface area contributed by atoms with E-state index in [9.17, 15) is 5.26 Å². The zero-order valence-corrected chi connectivity index (χ0v) is 10.3. The van der Waals surface area contributed by atoms with Gasteiger partial charge in [0, 0.05) is 6.07 Å². The van der Waals surface area contributed by atoms with Gasteiger partial charge in [-0.2, -0.15) is 5.26 Å². The molecule has 1 aliphatic carbocycles. The molecule has 0 atom stereocenters. The quantitative estimate of drug-likeness (QED) is 0.803. The molecule has 3 heteroatoms. The molecular formula is C14H17NO2. The SMILES string of the molecule is COc1cc(OC)cc(C2(C#N)CCCC2)c1. The minimum Gasteiger partial charge on any atom is -0.497 e. The Morgan fingerprint density at radius 2 is 1.59 bits per heavy atom. The molecule has 0 aliphatic heterocycles. The Bertz CT molecular complexity index is 420. The van der Waals surface area contributed by atoms with Gasteiger partial charge in [-0.15, -0.1) is 0 Å². The Labute approximate surface area is 102 Å². The summed E-state index contributed by atoms with van der Waals surface area (Å²) >= 11 is 0. The molecule has 0 spiro atoms. The van der Waals surface area contributed by atoms with E-state index < -0.39 is 0 Å². The lowest BCUT2D eigenvalue weighted by molar-refractivity contribution is 0.391. The average Bonchev–Trinajstić information content (AvgIpc) is 2.88. The summed E-state index contributed by atoms with van der Waals surface area (Å²) in [5, 5.41) is 9.47. The lowest BCUT2D eigenvalue weighted by Gasteiger charge is -2.22. The Kier molecular flexibility index (Phi) is 3.23. The maximum absolute atomic E-state index is 9.47. The molecule has 90 valence electrons. The number of ether oxygens (including phenoxy) is 2. The zero-order valence-electron chi connectivity index (χ0n) is 10.3.